The molecule has 2 unspecified atom stereocenters. The molecule has 1 saturated heterocycles. The molecule has 1 fully saturated rings. The number of carbonyl (C=O) groups excluding carboxylic acids is 1. The minimum absolute atomic E-state index is 0.139. The predicted octanol–water partition coefficient (Wildman–Crippen LogP) is 3.93. The van der Waals surface area contributed by atoms with Crippen LogP contribution in [0.3, 0.4) is 0 Å². The van der Waals surface area contributed by atoms with Gasteiger partial charge in [0.15, 0.2) is 0 Å². The lowest BCUT2D eigenvalue weighted by atomic mass is 9.60. The molecule has 3 atom stereocenters. The minimum atomic E-state index is 0.139. The molecular formula is C22H23N3O. The van der Waals surface area contributed by atoms with Crippen molar-refractivity contribution in [2.75, 3.05) is 6.54 Å². The number of nitrogens with one attached hydrogen (secondary N) is 1. The summed E-state index contributed by atoms with van der Waals surface area (Å²) in [5.41, 5.74) is 5.60. The third-order valence-corrected chi connectivity index (χ3v) is 6.67. The van der Waals surface area contributed by atoms with Crippen LogP contribution in [0.1, 0.15) is 41.8 Å². The number of amides is 1. The van der Waals surface area contributed by atoms with E-state index in [-0.39, 0.29) is 17.4 Å². The van der Waals surface area contributed by atoms with E-state index in [1.165, 1.54) is 11.1 Å². The fourth-order valence-corrected chi connectivity index (χ4v) is 5.00. The van der Waals surface area contributed by atoms with Gasteiger partial charge in [-0.05, 0) is 53.5 Å². The van der Waals surface area contributed by atoms with Crippen LogP contribution in [0.2, 0.25) is 0 Å². The number of rotatable bonds is 1. The van der Waals surface area contributed by atoms with Crippen LogP contribution in [0, 0.1) is 5.92 Å². The Morgan fingerprint density at radius 3 is 3.00 bits per heavy atom. The van der Waals surface area contributed by atoms with Gasteiger partial charge in [-0.1, -0.05) is 38.1 Å². The second kappa shape index (κ2) is 5.44. The fraction of sp³-hybridized carbons (Fsp3) is 0.364. The van der Waals surface area contributed by atoms with E-state index in [2.05, 4.69) is 53.0 Å². The summed E-state index contributed by atoms with van der Waals surface area (Å²) >= 11 is 0. The van der Waals surface area contributed by atoms with Crippen LogP contribution in [0.15, 0.2) is 48.8 Å². The Bertz CT molecular complexity index is 1010. The molecule has 1 aliphatic carbocycles. The summed E-state index contributed by atoms with van der Waals surface area (Å²) in [5, 5.41) is 0. The molecule has 2 heterocycles. The molecule has 132 valence electrons. The first-order chi connectivity index (χ1) is 12.6. The third-order valence-electron chi connectivity index (χ3n) is 6.67. The third kappa shape index (κ3) is 2.14. The van der Waals surface area contributed by atoms with Crippen LogP contribution in [-0.2, 0) is 11.8 Å². The van der Waals surface area contributed by atoms with E-state index in [9.17, 15) is 4.79 Å². The first-order valence-electron chi connectivity index (χ1n) is 9.39. The minimum Gasteiger partial charge on any atom is -0.345 e. The number of hydrogen-bond acceptors (Lipinski definition) is 2. The van der Waals surface area contributed by atoms with Gasteiger partial charge >= 0.3 is 0 Å². The predicted molar refractivity (Wildman–Crippen MR) is 102 cm³/mol. The number of likely N-dealkylation sites (tertiary alicyclic amines) is 1. The zero-order valence-electron chi connectivity index (χ0n) is 15.2. The van der Waals surface area contributed by atoms with Crippen LogP contribution >= 0.6 is 0 Å². The Labute approximate surface area is 153 Å². The molecule has 1 aliphatic heterocycles. The molecule has 0 spiro atoms. The normalized spacial score (nSPS) is 27.4. The van der Waals surface area contributed by atoms with Gasteiger partial charge in [-0.3, -0.25) is 4.79 Å². The molecule has 4 heteroatoms. The summed E-state index contributed by atoms with van der Waals surface area (Å²) in [4.78, 5) is 22.8. The van der Waals surface area contributed by atoms with Gasteiger partial charge < -0.3 is 9.88 Å². The molecular weight excluding hydrogens is 322 g/mol. The average Bonchev–Trinajstić information content (AvgIpc) is 3.12. The van der Waals surface area contributed by atoms with Gasteiger partial charge in [-0.15, -0.1) is 0 Å². The monoisotopic (exact) mass is 345 g/mol. The first kappa shape index (κ1) is 15.6. The van der Waals surface area contributed by atoms with Crippen molar-refractivity contribution in [2.45, 2.75) is 38.1 Å². The van der Waals surface area contributed by atoms with Gasteiger partial charge in [0.1, 0.15) is 0 Å². The van der Waals surface area contributed by atoms with Crippen LogP contribution in [0.25, 0.3) is 11.0 Å². The highest BCUT2D eigenvalue weighted by Gasteiger charge is 2.48. The number of fused-ring (bicyclic) bond motifs is 5. The summed E-state index contributed by atoms with van der Waals surface area (Å²) in [5.74, 6) is 0.569. The Kier molecular flexibility index (Phi) is 3.27. The van der Waals surface area contributed by atoms with Crippen LogP contribution in [-0.4, -0.2) is 33.4 Å². The van der Waals surface area contributed by atoms with Gasteiger partial charge in [0, 0.05) is 18.2 Å². The molecule has 26 heavy (non-hydrogen) atoms. The highest BCUT2D eigenvalue weighted by molar-refractivity contribution is 5.97. The van der Waals surface area contributed by atoms with Gasteiger partial charge in [0.05, 0.1) is 17.4 Å². The molecule has 3 aromatic rings. The lowest BCUT2D eigenvalue weighted by molar-refractivity contribution is 0.0316. The van der Waals surface area contributed by atoms with E-state index < -0.39 is 0 Å². The van der Waals surface area contributed by atoms with Crippen LogP contribution in [0.5, 0.6) is 0 Å². The van der Waals surface area contributed by atoms with E-state index in [1.807, 2.05) is 18.2 Å². The van der Waals surface area contributed by atoms with Crippen molar-refractivity contribution >= 4 is 16.9 Å². The van der Waals surface area contributed by atoms with E-state index in [4.69, 9.17) is 0 Å². The molecule has 5 rings (SSSR count). The lowest BCUT2D eigenvalue weighted by Crippen LogP contribution is -2.58. The maximum absolute atomic E-state index is 13.3. The Morgan fingerprint density at radius 1 is 1.27 bits per heavy atom. The van der Waals surface area contributed by atoms with Crippen molar-refractivity contribution in [1.29, 1.82) is 0 Å². The van der Waals surface area contributed by atoms with E-state index >= 15 is 0 Å². The number of hydrogen-bond donors (Lipinski definition) is 1. The van der Waals surface area contributed by atoms with Crippen molar-refractivity contribution in [1.82, 2.24) is 14.9 Å². The topological polar surface area (TPSA) is 49.0 Å². The number of nitrogens with zero attached hydrogens (tertiary/aromatic N) is 2. The molecule has 2 bridgehead atoms. The lowest BCUT2D eigenvalue weighted by Gasteiger charge is -2.53. The number of aromatic nitrogens is 2. The molecule has 0 radical (unpaired) electrons. The zero-order valence-corrected chi connectivity index (χ0v) is 15.2. The summed E-state index contributed by atoms with van der Waals surface area (Å²) in [6.45, 7) is 5.48. The molecule has 1 N–H and O–H groups in total. The van der Waals surface area contributed by atoms with Crippen molar-refractivity contribution < 1.29 is 4.79 Å². The molecule has 1 amide bonds. The number of carbonyl (C=O) groups is 1. The fourth-order valence-electron chi connectivity index (χ4n) is 5.00. The Balaban J connectivity index is 1.52. The second-order valence-electron chi connectivity index (χ2n) is 8.13. The van der Waals surface area contributed by atoms with E-state index in [1.54, 1.807) is 6.33 Å². The first-order valence-corrected chi connectivity index (χ1v) is 9.39. The van der Waals surface area contributed by atoms with E-state index in [0.717, 1.165) is 36.0 Å². The Hall–Kier alpha value is -2.62. The summed E-state index contributed by atoms with van der Waals surface area (Å²) in [7, 11) is 0. The molecule has 1 aromatic heterocycles. The summed E-state index contributed by atoms with van der Waals surface area (Å²) in [6.07, 6.45) is 3.67. The van der Waals surface area contributed by atoms with Gasteiger partial charge in [-0.2, -0.15) is 0 Å². The Morgan fingerprint density at radius 2 is 2.12 bits per heavy atom. The quantitative estimate of drug-likeness (QED) is 0.726. The summed E-state index contributed by atoms with van der Waals surface area (Å²) in [6, 6.07) is 14.8. The molecule has 0 saturated carbocycles. The number of benzene rings is 2. The molecule has 2 aromatic carbocycles. The molecule has 4 nitrogen and oxygen atoms in total. The largest absolute Gasteiger partial charge is 0.345 e. The molecule has 2 aliphatic rings. The SMILES string of the molecule is CC1CN(C(=O)c2ccc3nc[nH]c3c2)C2Cc3ccccc3[C@@]1(C)C2. The van der Waals surface area contributed by atoms with Crippen molar-refractivity contribution in [2.24, 2.45) is 5.92 Å². The van der Waals surface area contributed by atoms with Crippen molar-refractivity contribution in [3.8, 4) is 0 Å². The maximum atomic E-state index is 13.3. The maximum Gasteiger partial charge on any atom is 0.254 e. The number of aromatic amines is 1. The zero-order chi connectivity index (χ0) is 17.9. The number of piperidine rings is 1. The van der Waals surface area contributed by atoms with Crippen LogP contribution in [0.4, 0.5) is 0 Å². The highest BCUT2D eigenvalue weighted by Crippen LogP contribution is 2.47. The van der Waals surface area contributed by atoms with Gasteiger partial charge in [0.2, 0.25) is 0 Å². The van der Waals surface area contributed by atoms with Crippen molar-refractivity contribution in [3.63, 3.8) is 0 Å². The van der Waals surface area contributed by atoms with Crippen molar-refractivity contribution in [3.05, 3.63) is 65.5 Å². The van der Waals surface area contributed by atoms with E-state index in [0.29, 0.717) is 5.92 Å². The smallest absolute Gasteiger partial charge is 0.254 e. The van der Waals surface area contributed by atoms with Gasteiger partial charge in [-0.25, -0.2) is 4.98 Å². The number of imidazole rings is 1. The average molecular weight is 345 g/mol. The second-order valence-corrected chi connectivity index (χ2v) is 8.13. The highest BCUT2D eigenvalue weighted by atomic mass is 16.2. The number of H-pyrrole nitrogens is 1. The van der Waals surface area contributed by atoms with Gasteiger partial charge in [0.25, 0.3) is 5.91 Å². The summed E-state index contributed by atoms with van der Waals surface area (Å²) < 4.78 is 0. The van der Waals surface area contributed by atoms with Crippen LogP contribution < -0.4 is 0 Å². The standard InChI is InChI=1S/C22H23N3O/c1-14-12-25(21(26)16-7-8-19-20(10-16)24-13-23-19)17-9-15-5-3-4-6-18(15)22(14,2)11-17/h3-8,10,13-14,17H,9,11-12H2,1-2H3,(H,23,24)/t14?,17?,22-/m0/s1.